The van der Waals surface area contributed by atoms with Crippen LogP contribution in [0.15, 0.2) is 46.9 Å². The van der Waals surface area contributed by atoms with E-state index < -0.39 is 11.0 Å². The normalized spacial score (nSPS) is 10.0. The van der Waals surface area contributed by atoms with E-state index in [-0.39, 0.29) is 5.69 Å². The lowest BCUT2D eigenvalue weighted by Crippen LogP contribution is -2.19. The van der Waals surface area contributed by atoms with Crippen LogP contribution in [0.4, 0.5) is 21.9 Å². The minimum absolute atomic E-state index is 0.0243. The van der Waals surface area contributed by atoms with E-state index in [1.807, 2.05) is 19.1 Å². The number of urea groups is 1. The predicted molar refractivity (Wildman–Crippen MR) is 84.6 cm³/mol. The Morgan fingerprint density at radius 1 is 1.14 bits per heavy atom. The number of nitro benzene ring substituents is 1. The van der Waals surface area contributed by atoms with Gasteiger partial charge in [-0.05, 0) is 36.8 Å². The largest absolute Gasteiger partial charge is 0.323 e. The van der Waals surface area contributed by atoms with Gasteiger partial charge < -0.3 is 10.6 Å². The van der Waals surface area contributed by atoms with Gasteiger partial charge in [-0.1, -0.05) is 22.0 Å². The van der Waals surface area contributed by atoms with Crippen LogP contribution in [0.5, 0.6) is 0 Å². The van der Waals surface area contributed by atoms with Gasteiger partial charge in [-0.25, -0.2) is 4.79 Å². The number of nitrogens with one attached hydrogen (secondary N) is 2. The molecule has 7 heteroatoms. The summed E-state index contributed by atoms with van der Waals surface area (Å²) in [5.41, 5.74) is 2.05. The van der Waals surface area contributed by atoms with Gasteiger partial charge in [0.15, 0.2) is 0 Å². The number of hydrogen-bond donors (Lipinski definition) is 2. The van der Waals surface area contributed by atoms with Crippen molar-refractivity contribution in [1.29, 1.82) is 0 Å². The number of amides is 2. The first-order valence-corrected chi connectivity index (χ1v) is 6.84. The molecule has 2 rings (SSSR count). The highest BCUT2D eigenvalue weighted by molar-refractivity contribution is 9.10. The minimum Gasteiger partial charge on any atom is -0.308 e. The number of non-ortho nitro benzene ring substituents is 1. The second-order valence-corrected chi connectivity index (χ2v) is 5.15. The van der Waals surface area contributed by atoms with E-state index in [0.29, 0.717) is 11.4 Å². The van der Waals surface area contributed by atoms with E-state index in [1.165, 1.54) is 24.3 Å². The number of nitrogens with zero attached hydrogens (tertiary/aromatic N) is 1. The van der Waals surface area contributed by atoms with Crippen molar-refractivity contribution < 1.29 is 9.72 Å². The zero-order valence-electron chi connectivity index (χ0n) is 11.1. The number of anilines is 2. The standard InChI is InChI=1S/C14H12BrN3O3/c1-9-12(15)3-2-4-13(9)17-14(19)16-10-5-7-11(8-6-10)18(20)21/h2-8H,1H3,(H2,16,17,19). The van der Waals surface area contributed by atoms with Gasteiger partial charge in [-0.2, -0.15) is 0 Å². The molecule has 2 amide bonds. The topological polar surface area (TPSA) is 84.3 Å². The molecule has 2 aromatic rings. The molecule has 0 saturated heterocycles. The molecule has 0 aromatic heterocycles. The Labute approximate surface area is 129 Å². The summed E-state index contributed by atoms with van der Waals surface area (Å²) in [6.45, 7) is 1.88. The van der Waals surface area contributed by atoms with Crippen molar-refractivity contribution >= 4 is 39.0 Å². The zero-order valence-corrected chi connectivity index (χ0v) is 12.7. The monoisotopic (exact) mass is 349 g/mol. The molecule has 0 spiro atoms. The van der Waals surface area contributed by atoms with Crippen molar-refractivity contribution in [3.63, 3.8) is 0 Å². The van der Waals surface area contributed by atoms with Crippen LogP contribution in [0.2, 0.25) is 0 Å². The van der Waals surface area contributed by atoms with Gasteiger partial charge >= 0.3 is 6.03 Å². The molecule has 0 aliphatic heterocycles. The van der Waals surface area contributed by atoms with Crippen molar-refractivity contribution in [2.75, 3.05) is 10.6 Å². The predicted octanol–water partition coefficient (Wildman–Crippen LogP) is 4.31. The Bertz CT molecular complexity index is 686. The highest BCUT2D eigenvalue weighted by Gasteiger charge is 2.08. The summed E-state index contributed by atoms with van der Waals surface area (Å²) in [6.07, 6.45) is 0. The first-order chi connectivity index (χ1) is 9.97. The SMILES string of the molecule is Cc1c(Br)cccc1NC(=O)Nc1ccc([N+](=O)[O-])cc1. The number of carbonyl (C=O) groups is 1. The second kappa shape index (κ2) is 6.36. The van der Waals surface area contributed by atoms with Gasteiger partial charge in [-0.15, -0.1) is 0 Å². The van der Waals surface area contributed by atoms with Crippen LogP contribution in [-0.2, 0) is 0 Å². The van der Waals surface area contributed by atoms with Gasteiger partial charge in [0.05, 0.1) is 4.92 Å². The summed E-state index contributed by atoms with van der Waals surface area (Å²) in [6, 6.07) is 10.7. The van der Waals surface area contributed by atoms with Gasteiger partial charge in [0.2, 0.25) is 0 Å². The average molecular weight is 350 g/mol. The van der Waals surface area contributed by atoms with Crippen LogP contribution in [-0.4, -0.2) is 11.0 Å². The number of hydrogen-bond acceptors (Lipinski definition) is 3. The molecule has 21 heavy (non-hydrogen) atoms. The van der Waals surface area contributed by atoms with Crippen molar-refractivity contribution in [3.8, 4) is 0 Å². The fraction of sp³-hybridized carbons (Fsp3) is 0.0714. The van der Waals surface area contributed by atoms with Crippen molar-refractivity contribution in [2.45, 2.75) is 6.92 Å². The van der Waals surface area contributed by atoms with Crippen LogP contribution in [0.25, 0.3) is 0 Å². The molecule has 0 saturated carbocycles. The molecule has 0 heterocycles. The van der Waals surface area contributed by atoms with E-state index in [2.05, 4.69) is 26.6 Å². The fourth-order valence-electron chi connectivity index (χ4n) is 1.69. The molecule has 0 bridgehead atoms. The summed E-state index contributed by atoms with van der Waals surface area (Å²) in [4.78, 5) is 21.9. The first kappa shape index (κ1) is 15.0. The number of benzene rings is 2. The molecule has 6 nitrogen and oxygen atoms in total. The van der Waals surface area contributed by atoms with Crippen LogP contribution in [0, 0.1) is 17.0 Å². The summed E-state index contributed by atoms with van der Waals surface area (Å²) in [5, 5.41) is 15.9. The fourth-order valence-corrected chi connectivity index (χ4v) is 2.06. The maximum absolute atomic E-state index is 11.9. The molecule has 0 atom stereocenters. The quantitative estimate of drug-likeness (QED) is 0.639. The number of halogens is 1. The van der Waals surface area contributed by atoms with Gasteiger partial charge in [0.1, 0.15) is 0 Å². The minimum atomic E-state index is -0.491. The second-order valence-electron chi connectivity index (χ2n) is 4.30. The summed E-state index contributed by atoms with van der Waals surface area (Å²) in [7, 11) is 0. The number of nitro groups is 1. The zero-order chi connectivity index (χ0) is 15.4. The van der Waals surface area contributed by atoms with Gasteiger partial charge in [0, 0.05) is 28.0 Å². The Balaban J connectivity index is 2.04. The third-order valence-corrected chi connectivity index (χ3v) is 3.71. The highest BCUT2D eigenvalue weighted by atomic mass is 79.9. The molecule has 0 aliphatic rings. The van der Waals surface area contributed by atoms with Crippen molar-refractivity contribution in [2.24, 2.45) is 0 Å². The third kappa shape index (κ3) is 3.79. The van der Waals surface area contributed by atoms with E-state index in [9.17, 15) is 14.9 Å². The van der Waals surface area contributed by atoms with Gasteiger partial charge in [0.25, 0.3) is 5.69 Å². The summed E-state index contributed by atoms with van der Waals surface area (Å²) >= 11 is 3.39. The van der Waals surface area contributed by atoms with E-state index >= 15 is 0 Å². The van der Waals surface area contributed by atoms with E-state index in [4.69, 9.17) is 0 Å². The lowest BCUT2D eigenvalue weighted by molar-refractivity contribution is -0.384. The Kier molecular flexibility index (Phi) is 4.54. The highest BCUT2D eigenvalue weighted by Crippen LogP contribution is 2.23. The van der Waals surface area contributed by atoms with Gasteiger partial charge in [-0.3, -0.25) is 10.1 Å². The summed E-state index contributed by atoms with van der Waals surface area (Å²) < 4.78 is 0.899. The summed E-state index contributed by atoms with van der Waals surface area (Å²) in [5.74, 6) is 0. The lowest BCUT2D eigenvalue weighted by atomic mass is 10.2. The van der Waals surface area contributed by atoms with Crippen molar-refractivity contribution in [3.05, 3.63) is 62.6 Å². The smallest absolute Gasteiger partial charge is 0.308 e. The van der Waals surface area contributed by atoms with E-state index in [1.54, 1.807) is 6.07 Å². The molecule has 0 radical (unpaired) electrons. The van der Waals surface area contributed by atoms with Crippen LogP contribution in [0.1, 0.15) is 5.56 Å². The number of carbonyl (C=O) groups excluding carboxylic acids is 1. The molecule has 0 aliphatic carbocycles. The molecular formula is C14H12BrN3O3. The molecule has 2 aromatic carbocycles. The maximum atomic E-state index is 11.9. The van der Waals surface area contributed by atoms with Crippen molar-refractivity contribution in [1.82, 2.24) is 0 Å². The Morgan fingerprint density at radius 2 is 1.81 bits per heavy atom. The Morgan fingerprint density at radius 3 is 2.43 bits per heavy atom. The number of rotatable bonds is 3. The Hall–Kier alpha value is -2.41. The van der Waals surface area contributed by atoms with Crippen LogP contribution < -0.4 is 10.6 Å². The maximum Gasteiger partial charge on any atom is 0.323 e. The lowest BCUT2D eigenvalue weighted by Gasteiger charge is -2.10. The van der Waals surface area contributed by atoms with Crippen LogP contribution >= 0.6 is 15.9 Å². The molecule has 108 valence electrons. The molecule has 0 unspecified atom stereocenters. The first-order valence-electron chi connectivity index (χ1n) is 6.05. The average Bonchev–Trinajstić information content (AvgIpc) is 2.44. The molecule has 0 fully saturated rings. The molecule has 2 N–H and O–H groups in total. The van der Waals surface area contributed by atoms with E-state index in [0.717, 1.165) is 10.0 Å². The van der Waals surface area contributed by atoms with Crippen LogP contribution in [0.3, 0.4) is 0 Å². The molecular weight excluding hydrogens is 338 g/mol. The third-order valence-electron chi connectivity index (χ3n) is 2.85.